The van der Waals surface area contributed by atoms with Gasteiger partial charge in [0.25, 0.3) is 0 Å². The van der Waals surface area contributed by atoms with Crippen LogP contribution in [0.25, 0.3) is 0 Å². The molecular weight excluding hydrogens is 296 g/mol. The van der Waals surface area contributed by atoms with Crippen LogP contribution >= 0.6 is 0 Å². The van der Waals surface area contributed by atoms with Crippen molar-refractivity contribution in [1.29, 1.82) is 0 Å². The van der Waals surface area contributed by atoms with Gasteiger partial charge in [0.15, 0.2) is 0 Å². The van der Waals surface area contributed by atoms with Gasteiger partial charge in [-0.3, -0.25) is 19.3 Å². The minimum absolute atomic E-state index is 0.0128. The molecule has 0 aliphatic carbocycles. The first-order valence-corrected chi connectivity index (χ1v) is 7.43. The highest BCUT2D eigenvalue weighted by atomic mass is 16.2. The van der Waals surface area contributed by atoms with E-state index in [1.54, 1.807) is 29.2 Å². The summed E-state index contributed by atoms with van der Waals surface area (Å²) >= 11 is 0. The van der Waals surface area contributed by atoms with Gasteiger partial charge in [-0.05, 0) is 19.4 Å². The molecule has 1 aromatic carbocycles. The summed E-state index contributed by atoms with van der Waals surface area (Å²) in [5, 5.41) is 5.23. The molecule has 0 saturated heterocycles. The molecule has 0 fully saturated rings. The summed E-state index contributed by atoms with van der Waals surface area (Å²) < 4.78 is 0. The highest BCUT2D eigenvalue weighted by Crippen LogP contribution is 2.12. The van der Waals surface area contributed by atoms with E-state index in [1.807, 2.05) is 19.9 Å². The Balaban J connectivity index is 2.81. The third-order valence-corrected chi connectivity index (χ3v) is 3.38. The molecule has 7 heteroatoms. The van der Waals surface area contributed by atoms with E-state index in [2.05, 4.69) is 10.6 Å². The monoisotopic (exact) mass is 320 g/mol. The Bertz CT molecular complexity index is 546. The van der Waals surface area contributed by atoms with Crippen LogP contribution in [0, 0.1) is 0 Å². The second-order valence-electron chi connectivity index (χ2n) is 5.49. The number of hydrogen-bond donors (Lipinski definition) is 3. The van der Waals surface area contributed by atoms with Gasteiger partial charge in [-0.2, -0.15) is 0 Å². The average Bonchev–Trinajstić information content (AvgIpc) is 2.51. The maximum atomic E-state index is 12.3. The van der Waals surface area contributed by atoms with Crippen LogP contribution in [0.4, 0.5) is 0 Å². The van der Waals surface area contributed by atoms with E-state index >= 15 is 0 Å². The molecule has 0 unspecified atom stereocenters. The summed E-state index contributed by atoms with van der Waals surface area (Å²) in [5.74, 6) is -1.16. The fourth-order valence-corrected chi connectivity index (χ4v) is 2.10. The third-order valence-electron chi connectivity index (χ3n) is 3.38. The molecule has 1 rings (SSSR count). The van der Waals surface area contributed by atoms with E-state index in [0.717, 1.165) is 0 Å². The number of hydrogen-bond acceptors (Lipinski definition) is 4. The summed E-state index contributed by atoms with van der Waals surface area (Å²) in [6, 6.07) is 8.16. The van der Waals surface area contributed by atoms with Gasteiger partial charge in [0.05, 0.1) is 13.1 Å². The van der Waals surface area contributed by atoms with Gasteiger partial charge in [0.2, 0.25) is 17.7 Å². The maximum absolute atomic E-state index is 12.3. The fraction of sp³-hybridized carbons (Fsp3) is 0.438. The van der Waals surface area contributed by atoms with Crippen molar-refractivity contribution in [1.82, 2.24) is 15.5 Å². The number of nitrogens with one attached hydrogen (secondary N) is 2. The van der Waals surface area contributed by atoms with Crippen molar-refractivity contribution < 1.29 is 14.4 Å². The number of likely N-dealkylation sites (N-methyl/N-ethyl adjacent to an activating group) is 1. The van der Waals surface area contributed by atoms with Crippen molar-refractivity contribution >= 4 is 17.7 Å². The molecule has 0 saturated carbocycles. The number of nitrogens with zero attached hydrogens (tertiary/aromatic N) is 1. The number of nitrogens with two attached hydrogens (primary N) is 1. The molecule has 0 radical (unpaired) electrons. The van der Waals surface area contributed by atoms with Gasteiger partial charge in [0.1, 0.15) is 6.04 Å². The lowest BCUT2D eigenvalue weighted by Gasteiger charge is -2.25. The van der Waals surface area contributed by atoms with Gasteiger partial charge in [0, 0.05) is 13.1 Å². The lowest BCUT2D eigenvalue weighted by atomic mass is 10.1. The molecule has 1 atom stereocenters. The lowest BCUT2D eigenvalue weighted by molar-refractivity contribution is -0.130. The molecule has 126 valence electrons. The number of carbonyl (C=O) groups is 3. The Kier molecular flexibility index (Phi) is 7.21. The molecule has 4 N–H and O–H groups in total. The van der Waals surface area contributed by atoms with Crippen LogP contribution in [0.3, 0.4) is 0 Å². The van der Waals surface area contributed by atoms with Crippen LogP contribution in [0.1, 0.15) is 25.5 Å². The predicted molar refractivity (Wildman–Crippen MR) is 87.3 cm³/mol. The van der Waals surface area contributed by atoms with Crippen LogP contribution in [0.5, 0.6) is 0 Å². The second kappa shape index (κ2) is 8.89. The van der Waals surface area contributed by atoms with Crippen LogP contribution in [0.2, 0.25) is 0 Å². The van der Waals surface area contributed by atoms with Crippen molar-refractivity contribution in [2.45, 2.75) is 25.9 Å². The number of rotatable bonds is 8. The largest absolute Gasteiger partial charge is 0.369 e. The molecule has 3 amide bonds. The van der Waals surface area contributed by atoms with Gasteiger partial charge in [-0.15, -0.1) is 0 Å². The molecule has 0 aromatic heterocycles. The SMILES string of the molecule is CNC(=O)[C@@H](NC(=O)CN(CC(N)=O)C(C)C)c1ccccc1. The van der Waals surface area contributed by atoms with E-state index in [1.165, 1.54) is 7.05 Å². The summed E-state index contributed by atoms with van der Waals surface area (Å²) in [5.41, 5.74) is 5.88. The predicted octanol–water partition coefficient (Wildman–Crippen LogP) is -0.214. The zero-order chi connectivity index (χ0) is 17.4. The minimum atomic E-state index is -0.781. The molecule has 1 aromatic rings. The lowest BCUT2D eigenvalue weighted by Crippen LogP contribution is -2.47. The van der Waals surface area contributed by atoms with Gasteiger partial charge < -0.3 is 16.4 Å². The molecule has 7 nitrogen and oxygen atoms in total. The Morgan fingerprint density at radius 2 is 1.74 bits per heavy atom. The van der Waals surface area contributed by atoms with Gasteiger partial charge in [-0.25, -0.2) is 0 Å². The topological polar surface area (TPSA) is 105 Å². The van der Waals surface area contributed by atoms with Crippen LogP contribution in [0.15, 0.2) is 30.3 Å². The molecule has 0 bridgehead atoms. The van der Waals surface area contributed by atoms with Crippen molar-refractivity contribution in [3.05, 3.63) is 35.9 Å². The van der Waals surface area contributed by atoms with Crippen molar-refractivity contribution in [2.24, 2.45) is 5.73 Å². The second-order valence-corrected chi connectivity index (χ2v) is 5.49. The zero-order valence-electron chi connectivity index (χ0n) is 13.7. The summed E-state index contributed by atoms with van der Waals surface area (Å²) in [7, 11) is 1.51. The smallest absolute Gasteiger partial charge is 0.246 e. The van der Waals surface area contributed by atoms with Crippen LogP contribution in [-0.2, 0) is 14.4 Å². The molecule has 23 heavy (non-hydrogen) atoms. The molecule has 0 heterocycles. The van der Waals surface area contributed by atoms with E-state index < -0.39 is 11.9 Å². The van der Waals surface area contributed by atoms with Crippen LogP contribution < -0.4 is 16.4 Å². The summed E-state index contributed by atoms with van der Waals surface area (Å²) in [6.45, 7) is 3.70. The first-order valence-electron chi connectivity index (χ1n) is 7.43. The first-order chi connectivity index (χ1) is 10.8. The number of amides is 3. The molecule has 0 aliphatic rings. The minimum Gasteiger partial charge on any atom is -0.369 e. The zero-order valence-corrected chi connectivity index (χ0v) is 13.7. The maximum Gasteiger partial charge on any atom is 0.246 e. The average molecular weight is 320 g/mol. The third kappa shape index (κ3) is 6.07. The van der Waals surface area contributed by atoms with E-state index in [9.17, 15) is 14.4 Å². The summed E-state index contributed by atoms with van der Waals surface area (Å²) in [6.07, 6.45) is 0. The number of primary amides is 1. The Hall–Kier alpha value is -2.41. The summed E-state index contributed by atoms with van der Waals surface area (Å²) in [4.78, 5) is 37.0. The standard InChI is InChI=1S/C16H24N4O3/c1-11(2)20(9-13(17)21)10-14(22)19-15(16(23)18-3)12-7-5-4-6-8-12/h4-8,11,15H,9-10H2,1-3H3,(H2,17,21)(H,18,23)(H,19,22)/t15-/m0/s1. The van der Waals surface area contributed by atoms with Crippen molar-refractivity contribution in [3.8, 4) is 0 Å². The van der Waals surface area contributed by atoms with E-state index in [0.29, 0.717) is 5.56 Å². The quantitative estimate of drug-likeness (QED) is 0.616. The highest BCUT2D eigenvalue weighted by molar-refractivity contribution is 5.89. The van der Waals surface area contributed by atoms with Gasteiger partial charge in [-0.1, -0.05) is 30.3 Å². The number of benzene rings is 1. The van der Waals surface area contributed by atoms with E-state index in [4.69, 9.17) is 5.73 Å². The first kappa shape index (κ1) is 18.6. The molecule has 0 aliphatic heterocycles. The van der Waals surface area contributed by atoms with Crippen molar-refractivity contribution in [3.63, 3.8) is 0 Å². The highest BCUT2D eigenvalue weighted by Gasteiger charge is 2.23. The Morgan fingerprint density at radius 1 is 1.13 bits per heavy atom. The Morgan fingerprint density at radius 3 is 2.22 bits per heavy atom. The fourth-order valence-electron chi connectivity index (χ4n) is 2.10. The molecule has 0 spiro atoms. The molecular formula is C16H24N4O3. The Labute approximate surface area is 136 Å². The number of carbonyl (C=O) groups excluding carboxylic acids is 3. The normalized spacial score (nSPS) is 12.0. The van der Waals surface area contributed by atoms with Gasteiger partial charge >= 0.3 is 0 Å². The van der Waals surface area contributed by atoms with E-state index in [-0.39, 0.29) is 30.9 Å². The van der Waals surface area contributed by atoms with Crippen LogP contribution in [-0.4, -0.2) is 48.8 Å². The van der Waals surface area contributed by atoms with Crippen molar-refractivity contribution in [2.75, 3.05) is 20.1 Å².